The molecule has 1 heterocycles. The van der Waals surface area contributed by atoms with Crippen LogP contribution < -0.4 is 10.7 Å². The molecule has 2 heteroatoms. The second-order valence-electron chi connectivity index (χ2n) is 3.53. The molecule has 0 aliphatic rings. The highest BCUT2D eigenvalue weighted by Gasteiger charge is 2.09. The number of rotatable bonds is 0. The van der Waals surface area contributed by atoms with E-state index in [0.717, 1.165) is 0 Å². The first-order valence-electron chi connectivity index (χ1n) is 4.55. The highest BCUT2D eigenvalue weighted by atomic mass is 14.9. The Labute approximate surface area is 84.8 Å². The predicted molar refractivity (Wildman–Crippen MR) is 59.6 cm³/mol. The van der Waals surface area contributed by atoms with E-state index in [4.69, 9.17) is 0 Å². The van der Waals surface area contributed by atoms with E-state index >= 15 is 0 Å². The van der Waals surface area contributed by atoms with Crippen LogP contribution in [-0.4, -0.2) is 0 Å². The molecule has 0 aliphatic carbocycles. The Bertz CT molecular complexity index is 461. The van der Waals surface area contributed by atoms with Gasteiger partial charge in [-0.3, -0.25) is 0 Å². The molecule has 0 saturated carbocycles. The van der Waals surface area contributed by atoms with Gasteiger partial charge in [-0.15, -0.1) is 0 Å². The Kier molecular flexibility index (Phi) is 2.87. The fraction of sp³-hybridized carbons (Fsp3) is 0.250. The summed E-state index contributed by atoms with van der Waals surface area (Å²) in [6.45, 7) is 4.31. The molecule has 0 radical (unpaired) electrons. The first kappa shape index (κ1) is 10.7. The summed E-state index contributed by atoms with van der Waals surface area (Å²) in [5, 5.41) is 1.31. The molecule has 14 heavy (non-hydrogen) atoms. The van der Waals surface area contributed by atoms with E-state index in [2.05, 4.69) is 55.8 Å². The number of aryl methyl sites for hydroxylation is 2. The lowest BCUT2D eigenvalue weighted by atomic mass is 10.1. The van der Waals surface area contributed by atoms with Gasteiger partial charge in [0.05, 0.1) is 0 Å². The SMILES string of the molecule is Cc1cc2ccccc2[n+](C)c1C.N. The van der Waals surface area contributed by atoms with Crippen LogP contribution in [0.25, 0.3) is 10.9 Å². The van der Waals surface area contributed by atoms with Gasteiger partial charge in [-0.2, -0.15) is 4.57 Å². The predicted octanol–water partition coefficient (Wildman–Crippen LogP) is 2.44. The molecule has 0 atom stereocenters. The molecular weight excluding hydrogens is 172 g/mol. The van der Waals surface area contributed by atoms with Gasteiger partial charge in [0.25, 0.3) is 0 Å². The van der Waals surface area contributed by atoms with Gasteiger partial charge in [0, 0.05) is 23.9 Å². The Morgan fingerprint density at radius 3 is 2.43 bits per heavy atom. The van der Waals surface area contributed by atoms with E-state index in [-0.39, 0.29) is 6.15 Å². The van der Waals surface area contributed by atoms with Gasteiger partial charge in [-0.1, -0.05) is 12.1 Å². The molecule has 1 aromatic carbocycles. The van der Waals surface area contributed by atoms with Crippen LogP contribution in [0.4, 0.5) is 0 Å². The average Bonchev–Trinajstić information content (AvgIpc) is 2.15. The Morgan fingerprint density at radius 2 is 1.71 bits per heavy atom. The van der Waals surface area contributed by atoms with Crippen LogP contribution in [0, 0.1) is 13.8 Å². The average molecular weight is 189 g/mol. The minimum absolute atomic E-state index is 0. The summed E-state index contributed by atoms with van der Waals surface area (Å²) in [6.07, 6.45) is 0. The number of fused-ring (bicyclic) bond motifs is 1. The van der Waals surface area contributed by atoms with Gasteiger partial charge in [0.1, 0.15) is 7.05 Å². The van der Waals surface area contributed by atoms with Crippen molar-refractivity contribution < 1.29 is 4.57 Å². The lowest BCUT2D eigenvalue weighted by Gasteiger charge is -2.02. The summed E-state index contributed by atoms with van der Waals surface area (Å²) in [5.74, 6) is 0. The fourth-order valence-corrected chi connectivity index (χ4v) is 1.70. The zero-order valence-corrected chi connectivity index (χ0v) is 9.04. The monoisotopic (exact) mass is 189 g/mol. The molecule has 2 aromatic rings. The number of benzene rings is 1. The van der Waals surface area contributed by atoms with Crippen molar-refractivity contribution in [1.29, 1.82) is 0 Å². The minimum atomic E-state index is 0. The number of pyridine rings is 1. The first-order valence-corrected chi connectivity index (χ1v) is 4.55. The van der Waals surface area contributed by atoms with Crippen molar-refractivity contribution >= 4 is 10.9 Å². The smallest absolute Gasteiger partial charge is 0.212 e. The molecule has 0 amide bonds. The second-order valence-corrected chi connectivity index (χ2v) is 3.53. The van der Waals surface area contributed by atoms with Crippen molar-refractivity contribution in [3.63, 3.8) is 0 Å². The van der Waals surface area contributed by atoms with Crippen LogP contribution in [0.1, 0.15) is 11.3 Å². The van der Waals surface area contributed by atoms with Crippen molar-refractivity contribution in [2.45, 2.75) is 13.8 Å². The van der Waals surface area contributed by atoms with E-state index in [1.165, 1.54) is 22.2 Å². The lowest BCUT2D eigenvalue weighted by Crippen LogP contribution is -2.33. The zero-order chi connectivity index (χ0) is 9.42. The summed E-state index contributed by atoms with van der Waals surface area (Å²) < 4.78 is 2.24. The highest BCUT2D eigenvalue weighted by molar-refractivity contribution is 5.76. The van der Waals surface area contributed by atoms with Gasteiger partial charge >= 0.3 is 0 Å². The van der Waals surface area contributed by atoms with Gasteiger partial charge in [-0.25, -0.2) is 0 Å². The Balaban J connectivity index is 0.000000980. The van der Waals surface area contributed by atoms with Crippen LogP contribution in [0.5, 0.6) is 0 Å². The zero-order valence-electron chi connectivity index (χ0n) is 9.04. The van der Waals surface area contributed by atoms with Crippen molar-refractivity contribution in [3.05, 3.63) is 41.6 Å². The molecule has 1 aromatic heterocycles. The molecule has 0 spiro atoms. The van der Waals surface area contributed by atoms with Crippen molar-refractivity contribution in [1.82, 2.24) is 6.15 Å². The Hall–Kier alpha value is -1.41. The van der Waals surface area contributed by atoms with Crippen LogP contribution >= 0.6 is 0 Å². The third-order valence-corrected chi connectivity index (χ3v) is 2.74. The van der Waals surface area contributed by atoms with Crippen molar-refractivity contribution in [3.8, 4) is 0 Å². The quantitative estimate of drug-likeness (QED) is 0.635. The first-order chi connectivity index (χ1) is 6.20. The topological polar surface area (TPSA) is 38.9 Å². The number of para-hydroxylation sites is 1. The molecule has 3 N–H and O–H groups in total. The molecule has 0 bridgehead atoms. The van der Waals surface area contributed by atoms with Gasteiger partial charge in [0.2, 0.25) is 5.52 Å². The molecule has 74 valence electrons. The summed E-state index contributed by atoms with van der Waals surface area (Å²) >= 11 is 0. The normalized spacial score (nSPS) is 9.93. The minimum Gasteiger partial charge on any atom is -0.344 e. The van der Waals surface area contributed by atoms with Gasteiger partial charge in [0.15, 0.2) is 5.69 Å². The second kappa shape index (κ2) is 3.76. The maximum atomic E-state index is 2.24. The largest absolute Gasteiger partial charge is 0.344 e. The van der Waals surface area contributed by atoms with E-state index in [1.807, 2.05) is 0 Å². The van der Waals surface area contributed by atoms with Crippen LogP contribution in [0.2, 0.25) is 0 Å². The van der Waals surface area contributed by atoms with Crippen LogP contribution in [0.15, 0.2) is 30.3 Å². The summed E-state index contributed by atoms with van der Waals surface area (Å²) in [4.78, 5) is 0. The molecule has 2 rings (SSSR count). The highest BCUT2D eigenvalue weighted by Crippen LogP contribution is 2.12. The summed E-state index contributed by atoms with van der Waals surface area (Å²) in [6, 6.07) is 10.7. The maximum Gasteiger partial charge on any atom is 0.212 e. The summed E-state index contributed by atoms with van der Waals surface area (Å²) in [5.41, 5.74) is 3.98. The summed E-state index contributed by atoms with van der Waals surface area (Å²) in [7, 11) is 2.12. The van der Waals surface area contributed by atoms with Crippen LogP contribution in [0.3, 0.4) is 0 Å². The molecule has 0 aliphatic heterocycles. The molecule has 0 saturated heterocycles. The lowest BCUT2D eigenvalue weighted by molar-refractivity contribution is -0.651. The molecule has 2 nitrogen and oxygen atoms in total. The molecule has 0 fully saturated rings. The van der Waals surface area contributed by atoms with Crippen molar-refractivity contribution in [2.75, 3.05) is 0 Å². The fourth-order valence-electron chi connectivity index (χ4n) is 1.70. The number of nitrogens with zero attached hydrogens (tertiary/aromatic N) is 1. The van der Waals surface area contributed by atoms with E-state index in [9.17, 15) is 0 Å². The third-order valence-electron chi connectivity index (χ3n) is 2.74. The van der Waals surface area contributed by atoms with Crippen molar-refractivity contribution in [2.24, 2.45) is 7.05 Å². The molecule has 0 unspecified atom stereocenters. The maximum absolute atomic E-state index is 2.24. The van der Waals surface area contributed by atoms with Gasteiger partial charge in [-0.05, 0) is 19.1 Å². The van der Waals surface area contributed by atoms with E-state index < -0.39 is 0 Å². The van der Waals surface area contributed by atoms with Gasteiger partial charge < -0.3 is 6.15 Å². The van der Waals surface area contributed by atoms with E-state index in [1.54, 1.807) is 0 Å². The number of hydrogen-bond donors (Lipinski definition) is 1. The standard InChI is InChI=1S/C12H14N.H3N/c1-9-8-11-6-4-5-7-12(11)13(3)10(9)2;/h4-8H,1-3H3;1H3/q+1;. The number of aromatic nitrogens is 1. The van der Waals surface area contributed by atoms with Crippen LogP contribution in [-0.2, 0) is 7.05 Å². The van der Waals surface area contributed by atoms with E-state index in [0.29, 0.717) is 0 Å². The molecular formula is C12H17N2+. The number of hydrogen-bond acceptors (Lipinski definition) is 1. The third kappa shape index (κ3) is 1.49. The Morgan fingerprint density at radius 1 is 1.07 bits per heavy atom.